The van der Waals surface area contributed by atoms with Crippen LogP contribution in [0.4, 0.5) is 4.79 Å². The number of nitrogens with one attached hydrogen (secondary N) is 1. The molecule has 0 saturated heterocycles. The largest absolute Gasteiger partial charge is 0.550 e. The predicted octanol–water partition coefficient (Wildman–Crippen LogP) is 4.56. The summed E-state index contributed by atoms with van der Waals surface area (Å²) in [6.07, 6.45) is -1.00. The number of alkyl carbamates (subject to hydrolysis) is 1. The minimum Gasteiger partial charge on any atom is -0.550 e. The molecule has 0 aliphatic heterocycles. The molecule has 5 nitrogen and oxygen atoms in total. The summed E-state index contributed by atoms with van der Waals surface area (Å²) in [4.78, 5) is 24.1. The molecule has 4 aromatic rings. The van der Waals surface area contributed by atoms with Gasteiger partial charge in [-0.3, -0.25) is 0 Å². The van der Waals surface area contributed by atoms with Gasteiger partial charge in [-0.05, 0) is 44.7 Å². The highest BCUT2D eigenvalue weighted by molar-refractivity contribution is 5.83. The average Bonchev–Trinajstić information content (AvgIpc) is 3.15. The number of carbonyl (C=O) groups excluding carboxylic acids is 2. The second-order valence-corrected chi connectivity index (χ2v) is 8.21. The van der Waals surface area contributed by atoms with Crippen LogP contribution in [-0.2, 0) is 9.53 Å². The molecular weight excluding hydrogens is 414 g/mol. The van der Waals surface area contributed by atoms with E-state index in [2.05, 4.69) is 29.6 Å². The summed E-state index contributed by atoms with van der Waals surface area (Å²) in [6.45, 7) is 0.162. The molecule has 0 spiro atoms. The van der Waals surface area contributed by atoms with Crippen molar-refractivity contribution in [3.63, 3.8) is 0 Å². The number of fused-ring (bicyclic) bond motifs is 4. The number of carboxylic acid groups (broad SMARTS) is 1. The highest BCUT2D eigenvalue weighted by atomic mass is 16.5. The zero-order chi connectivity index (χ0) is 22.8. The van der Waals surface area contributed by atoms with Crippen molar-refractivity contribution in [3.05, 3.63) is 108 Å². The van der Waals surface area contributed by atoms with Crippen LogP contribution in [0.2, 0.25) is 0 Å². The van der Waals surface area contributed by atoms with E-state index in [-0.39, 0.29) is 18.9 Å². The van der Waals surface area contributed by atoms with E-state index in [9.17, 15) is 14.7 Å². The molecule has 0 fully saturated rings. The van der Waals surface area contributed by atoms with E-state index < -0.39 is 18.1 Å². The number of benzene rings is 4. The Hall–Kier alpha value is -4.12. The van der Waals surface area contributed by atoms with Crippen LogP contribution in [0.1, 0.15) is 35.1 Å². The van der Waals surface area contributed by atoms with E-state index in [1.54, 1.807) is 0 Å². The number of ether oxygens (including phenoxy) is 1. The van der Waals surface area contributed by atoms with Crippen molar-refractivity contribution in [2.75, 3.05) is 6.61 Å². The Morgan fingerprint density at radius 2 is 1.42 bits per heavy atom. The molecule has 0 saturated carbocycles. The lowest BCUT2D eigenvalue weighted by Crippen LogP contribution is -2.35. The van der Waals surface area contributed by atoms with Gasteiger partial charge in [0.2, 0.25) is 0 Å². The fourth-order valence-electron chi connectivity index (χ4n) is 4.63. The molecule has 1 atom stereocenters. The molecule has 0 unspecified atom stereocenters. The van der Waals surface area contributed by atoms with E-state index in [1.807, 2.05) is 66.7 Å². The fraction of sp³-hybridized carbons (Fsp3) is 0.143. The zero-order valence-electron chi connectivity index (χ0n) is 17.9. The molecule has 1 aliphatic carbocycles. The third-order valence-corrected chi connectivity index (χ3v) is 6.18. The summed E-state index contributed by atoms with van der Waals surface area (Å²) in [7, 11) is 0. The molecule has 0 heterocycles. The smallest absolute Gasteiger partial charge is 0.407 e. The molecule has 0 aromatic heterocycles. The van der Waals surface area contributed by atoms with Gasteiger partial charge >= 0.3 is 6.09 Å². The minimum atomic E-state index is -1.24. The molecule has 4 aromatic carbocycles. The molecule has 164 valence electrons. The van der Waals surface area contributed by atoms with Crippen LogP contribution < -0.4 is 10.4 Å². The Morgan fingerprint density at radius 3 is 2.09 bits per heavy atom. The number of carboxylic acids is 1. The number of rotatable bonds is 6. The van der Waals surface area contributed by atoms with E-state index in [0.717, 1.165) is 33.0 Å². The first-order valence-electron chi connectivity index (χ1n) is 10.9. The highest BCUT2D eigenvalue weighted by Gasteiger charge is 2.29. The van der Waals surface area contributed by atoms with E-state index >= 15 is 0 Å². The van der Waals surface area contributed by atoms with Crippen molar-refractivity contribution < 1.29 is 19.4 Å². The van der Waals surface area contributed by atoms with Gasteiger partial charge < -0.3 is 20.0 Å². The van der Waals surface area contributed by atoms with Gasteiger partial charge in [0, 0.05) is 18.3 Å². The first-order valence-corrected chi connectivity index (χ1v) is 10.9. The molecule has 5 heteroatoms. The number of hydrogen-bond acceptors (Lipinski definition) is 4. The summed E-state index contributed by atoms with van der Waals surface area (Å²) < 4.78 is 5.60. The van der Waals surface area contributed by atoms with Crippen LogP contribution >= 0.6 is 0 Å². The standard InChI is InChI=1S/C28H23NO4/c30-27(31)16-26(20-14-13-18-7-1-2-8-19(18)15-20)29-28(32)33-17-25-23-11-5-3-9-21(23)22-10-4-6-12-24(22)25/h1-15,25-26H,16-17H2,(H,29,32)(H,30,31)/p-1/t26-/m0/s1. The molecule has 1 aliphatic rings. The van der Waals surface area contributed by atoms with Crippen LogP contribution in [0.25, 0.3) is 21.9 Å². The molecular formula is C28H22NO4-. The van der Waals surface area contributed by atoms with Gasteiger partial charge in [-0.2, -0.15) is 0 Å². The highest BCUT2D eigenvalue weighted by Crippen LogP contribution is 2.44. The molecule has 0 bridgehead atoms. The summed E-state index contributed by atoms with van der Waals surface area (Å²) in [6, 6.07) is 28.8. The van der Waals surface area contributed by atoms with Gasteiger partial charge in [-0.15, -0.1) is 0 Å². The van der Waals surface area contributed by atoms with Crippen molar-refractivity contribution in [2.45, 2.75) is 18.4 Å². The topological polar surface area (TPSA) is 78.5 Å². The van der Waals surface area contributed by atoms with Gasteiger partial charge in [-0.1, -0.05) is 84.9 Å². The fourth-order valence-corrected chi connectivity index (χ4v) is 4.63. The lowest BCUT2D eigenvalue weighted by molar-refractivity contribution is -0.306. The van der Waals surface area contributed by atoms with Crippen LogP contribution in [0.5, 0.6) is 0 Å². The van der Waals surface area contributed by atoms with Crippen LogP contribution in [0, 0.1) is 0 Å². The molecule has 1 amide bonds. The zero-order valence-corrected chi connectivity index (χ0v) is 17.9. The number of aliphatic carboxylic acids is 1. The van der Waals surface area contributed by atoms with Crippen LogP contribution in [-0.4, -0.2) is 18.7 Å². The summed E-state index contributed by atoms with van der Waals surface area (Å²) in [5.74, 6) is -1.31. The molecule has 5 rings (SSSR count). The van der Waals surface area contributed by atoms with Gasteiger partial charge in [0.15, 0.2) is 0 Å². The first-order chi connectivity index (χ1) is 16.1. The van der Waals surface area contributed by atoms with Crippen molar-refractivity contribution in [1.82, 2.24) is 5.32 Å². The van der Waals surface area contributed by atoms with Crippen LogP contribution in [0.3, 0.4) is 0 Å². The van der Waals surface area contributed by atoms with E-state index in [1.165, 1.54) is 0 Å². The third kappa shape index (κ3) is 4.17. The number of hydrogen-bond donors (Lipinski definition) is 1. The Morgan fingerprint density at radius 1 is 0.818 bits per heavy atom. The predicted molar refractivity (Wildman–Crippen MR) is 125 cm³/mol. The van der Waals surface area contributed by atoms with E-state index in [4.69, 9.17) is 4.74 Å². The third-order valence-electron chi connectivity index (χ3n) is 6.18. The summed E-state index contributed by atoms with van der Waals surface area (Å²) in [5.41, 5.74) is 5.22. The lowest BCUT2D eigenvalue weighted by atomic mass is 9.98. The quantitative estimate of drug-likeness (QED) is 0.481. The molecule has 33 heavy (non-hydrogen) atoms. The lowest BCUT2D eigenvalue weighted by Gasteiger charge is -2.21. The van der Waals surface area contributed by atoms with Crippen molar-refractivity contribution in [3.8, 4) is 11.1 Å². The monoisotopic (exact) mass is 436 g/mol. The Bertz CT molecular complexity index is 1300. The van der Waals surface area contributed by atoms with Crippen molar-refractivity contribution in [2.24, 2.45) is 0 Å². The Kier molecular flexibility index (Phi) is 5.53. The second kappa shape index (κ2) is 8.79. The summed E-state index contributed by atoms with van der Waals surface area (Å²) >= 11 is 0. The number of amides is 1. The van der Waals surface area contributed by atoms with Crippen LogP contribution in [0.15, 0.2) is 91.0 Å². The SMILES string of the molecule is O=C([O-])C[C@H](NC(=O)OCC1c2ccccc2-c2ccccc21)c1ccc2ccccc2c1. The normalized spacial score (nSPS) is 13.2. The molecule has 0 radical (unpaired) electrons. The van der Waals surface area contributed by atoms with Gasteiger partial charge in [0.1, 0.15) is 6.61 Å². The number of carbonyl (C=O) groups is 2. The van der Waals surface area contributed by atoms with Gasteiger partial charge in [-0.25, -0.2) is 4.79 Å². The first kappa shape index (κ1) is 20.8. The maximum absolute atomic E-state index is 12.7. The van der Waals surface area contributed by atoms with E-state index in [0.29, 0.717) is 5.56 Å². The van der Waals surface area contributed by atoms with Gasteiger partial charge in [0.05, 0.1) is 6.04 Å². The van der Waals surface area contributed by atoms with Crippen molar-refractivity contribution >= 4 is 22.8 Å². The average molecular weight is 436 g/mol. The Labute approximate surface area is 191 Å². The minimum absolute atomic E-state index is 0.0663. The summed E-state index contributed by atoms with van der Waals surface area (Å²) in [5, 5.41) is 16.1. The second-order valence-electron chi connectivity index (χ2n) is 8.21. The van der Waals surface area contributed by atoms with Gasteiger partial charge in [0.25, 0.3) is 0 Å². The maximum atomic E-state index is 12.7. The van der Waals surface area contributed by atoms with Crippen molar-refractivity contribution in [1.29, 1.82) is 0 Å². The Balaban J connectivity index is 1.33. The maximum Gasteiger partial charge on any atom is 0.407 e. The molecule has 1 N–H and O–H groups in total.